The highest BCUT2D eigenvalue weighted by Crippen LogP contribution is 2.36. The van der Waals surface area contributed by atoms with E-state index in [1.165, 1.54) is 12.1 Å². The van der Waals surface area contributed by atoms with Crippen molar-refractivity contribution >= 4 is 17.7 Å². The second kappa shape index (κ2) is 6.68. The Bertz CT molecular complexity index is 387. The molecule has 1 rings (SSSR count). The molecule has 0 aliphatic rings. The normalized spacial score (nSPS) is 11.3. The van der Waals surface area contributed by atoms with E-state index >= 15 is 0 Å². The molecule has 18 heavy (non-hydrogen) atoms. The summed E-state index contributed by atoms with van der Waals surface area (Å²) in [5.41, 5.74) is -3.46. The van der Waals surface area contributed by atoms with Gasteiger partial charge in [0.1, 0.15) is 0 Å². The van der Waals surface area contributed by atoms with Crippen LogP contribution in [0.1, 0.15) is 18.9 Å². The molecule has 0 bridgehead atoms. The molecule has 0 unspecified atom stereocenters. The Morgan fingerprint density at radius 1 is 1.28 bits per heavy atom. The first-order valence-corrected chi connectivity index (χ1v) is 6.22. The summed E-state index contributed by atoms with van der Waals surface area (Å²) in [6.45, 7) is 2.06. The van der Waals surface area contributed by atoms with Crippen LogP contribution in [0.2, 0.25) is 0 Å². The minimum Gasteiger partial charge on any atom is -0.466 e. The van der Waals surface area contributed by atoms with Gasteiger partial charge in [-0.05, 0) is 42.8 Å². The maximum Gasteiger partial charge on any atom is 0.446 e. The van der Waals surface area contributed by atoms with E-state index in [1.54, 1.807) is 19.1 Å². The number of esters is 1. The average Bonchev–Trinajstić information content (AvgIpc) is 2.26. The molecule has 0 saturated heterocycles. The number of hydrogen-bond acceptors (Lipinski definition) is 3. The Balaban J connectivity index is 2.48. The van der Waals surface area contributed by atoms with Crippen LogP contribution in [0.15, 0.2) is 29.2 Å². The predicted octanol–water partition coefficient (Wildman–Crippen LogP) is 3.79. The Hall–Kier alpha value is -1.17. The molecule has 0 heterocycles. The fourth-order valence-electron chi connectivity index (χ4n) is 1.34. The van der Waals surface area contributed by atoms with Crippen LogP contribution in [-0.4, -0.2) is 18.1 Å². The molecule has 0 aliphatic carbocycles. The quantitative estimate of drug-likeness (QED) is 0.605. The van der Waals surface area contributed by atoms with Crippen molar-refractivity contribution in [1.82, 2.24) is 0 Å². The summed E-state index contributed by atoms with van der Waals surface area (Å²) >= 11 is -0.150. The molecule has 1 aromatic carbocycles. The van der Waals surface area contributed by atoms with E-state index in [2.05, 4.69) is 0 Å². The molecule has 0 spiro atoms. The summed E-state index contributed by atoms with van der Waals surface area (Å²) < 4.78 is 41.0. The molecule has 100 valence electrons. The van der Waals surface area contributed by atoms with Crippen LogP contribution in [0.5, 0.6) is 0 Å². The molecule has 0 aliphatic heterocycles. The van der Waals surface area contributed by atoms with E-state index in [0.29, 0.717) is 13.0 Å². The summed E-state index contributed by atoms with van der Waals surface area (Å²) in [4.78, 5) is 11.2. The van der Waals surface area contributed by atoms with Crippen molar-refractivity contribution in [3.63, 3.8) is 0 Å². The third kappa shape index (κ3) is 5.95. The standard InChI is InChI=1S/C12H13F3O2S/c1-2-17-11(16)8-5-9-3-6-10(7-4-9)18-12(13,14)15/h3-4,6-7H,2,5,8H2,1H3. The van der Waals surface area contributed by atoms with E-state index in [1.807, 2.05) is 0 Å². The minimum absolute atomic E-state index is 0.141. The summed E-state index contributed by atoms with van der Waals surface area (Å²) in [6.07, 6.45) is 0.704. The van der Waals surface area contributed by atoms with Gasteiger partial charge in [-0.15, -0.1) is 0 Å². The zero-order chi connectivity index (χ0) is 13.6. The van der Waals surface area contributed by atoms with Crippen molar-refractivity contribution in [2.45, 2.75) is 30.2 Å². The Kier molecular flexibility index (Phi) is 5.53. The molecule has 0 fully saturated rings. The minimum atomic E-state index is -4.27. The predicted molar refractivity (Wildman–Crippen MR) is 63.3 cm³/mol. The second-order valence-corrected chi connectivity index (χ2v) is 4.64. The molecule has 0 saturated carbocycles. The number of carbonyl (C=O) groups excluding carboxylic acids is 1. The molecule has 2 nitrogen and oxygen atoms in total. The van der Waals surface area contributed by atoms with Gasteiger partial charge in [-0.1, -0.05) is 12.1 Å². The lowest BCUT2D eigenvalue weighted by molar-refractivity contribution is -0.143. The number of aryl methyl sites for hydroxylation is 1. The zero-order valence-electron chi connectivity index (χ0n) is 9.79. The molecule has 0 atom stereocenters. The maximum absolute atomic E-state index is 12.1. The van der Waals surface area contributed by atoms with Crippen LogP contribution in [0.25, 0.3) is 0 Å². The summed E-state index contributed by atoms with van der Waals surface area (Å²) in [5, 5.41) is 0. The highest BCUT2D eigenvalue weighted by molar-refractivity contribution is 8.00. The van der Waals surface area contributed by atoms with Gasteiger partial charge in [0.15, 0.2) is 0 Å². The van der Waals surface area contributed by atoms with Gasteiger partial charge in [-0.25, -0.2) is 0 Å². The number of rotatable bonds is 5. The van der Waals surface area contributed by atoms with Gasteiger partial charge >= 0.3 is 11.5 Å². The molecule has 0 radical (unpaired) electrons. The van der Waals surface area contributed by atoms with Gasteiger partial charge in [0, 0.05) is 11.3 Å². The number of ether oxygens (including phenoxy) is 1. The van der Waals surface area contributed by atoms with Crippen molar-refractivity contribution < 1.29 is 22.7 Å². The largest absolute Gasteiger partial charge is 0.466 e. The van der Waals surface area contributed by atoms with Gasteiger partial charge in [-0.2, -0.15) is 13.2 Å². The maximum atomic E-state index is 12.1. The first-order chi connectivity index (χ1) is 8.40. The lowest BCUT2D eigenvalue weighted by Gasteiger charge is -2.06. The molecule has 0 amide bonds. The van der Waals surface area contributed by atoms with Crippen molar-refractivity contribution in [3.05, 3.63) is 29.8 Å². The first kappa shape index (κ1) is 14.9. The topological polar surface area (TPSA) is 26.3 Å². The van der Waals surface area contributed by atoms with Gasteiger partial charge in [0.2, 0.25) is 0 Å². The average molecular weight is 278 g/mol. The summed E-state index contributed by atoms with van der Waals surface area (Å²) in [6, 6.07) is 5.98. The number of carbonyl (C=O) groups is 1. The molecule has 1 aromatic rings. The van der Waals surface area contributed by atoms with Crippen LogP contribution in [0.3, 0.4) is 0 Å². The zero-order valence-corrected chi connectivity index (χ0v) is 10.6. The Labute approximate surface area is 108 Å². The van der Waals surface area contributed by atoms with Gasteiger partial charge in [0.05, 0.1) is 6.61 Å². The van der Waals surface area contributed by atoms with E-state index in [0.717, 1.165) is 5.56 Å². The van der Waals surface area contributed by atoms with Crippen molar-refractivity contribution in [1.29, 1.82) is 0 Å². The van der Waals surface area contributed by atoms with Crippen molar-refractivity contribution in [3.8, 4) is 0 Å². The lowest BCUT2D eigenvalue weighted by atomic mass is 10.1. The molecular weight excluding hydrogens is 265 g/mol. The van der Waals surface area contributed by atoms with Crippen molar-refractivity contribution in [2.75, 3.05) is 6.61 Å². The number of hydrogen-bond donors (Lipinski definition) is 0. The van der Waals surface area contributed by atoms with Crippen LogP contribution in [0, 0.1) is 0 Å². The van der Waals surface area contributed by atoms with Crippen LogP contribution in [0.4, 0.5) is 13.2 Å². The Morgan fingerprint density at radius 3 is 2.39 bits per heavy atom. The molecule has 6 heteroatoms. The van der Waals surface area contributed by atoms with Gasteiger partial charge < -0.3 is 4.74 Å². The molecule has 0 N–H and O–H groups in total. The fourth-order valence-corrected chi connectivity index (χ4v) is 1.88. The van der Waals surface area contributed by atoms with E-state index < -0.39 is 5.51 Å². The number of halogens is 3. The lowest BCUT2D eigenvalue weighted by Crippen LogP contribution is -2.05. The summed E-state index contributed by atoms with van der Waals surface area (Å²) in [5.74, 6) is -0.300. The van der Waals surface area contributed by atoms with E-state index in [4.69, 9.17) is 4.74 Å². The van der Waals surface area contributed by atoms with Crippen LogP contribution < -0.4 is 0 Å². The van der Waals surface area contributed by atoms with E-state index in [-0.39, 0.29) is 29.0 Å². The highest BCUT2D eigenvalue weighted by atomic mass is 32.2. The monoisotopic (exact) mass is 278 g/mol. The van der Waals surface area contributed by atoms with Crippen LogP contribution in [-0.2, 0) is 16.0 Å². The van der Waals surface area contributed by atoms with Gasteiger partial charge in [0.25, 0.3) is 0 Å². The fraction of sp³-hybridized carbons (Fsp3) is 0.417. The smallest absolute Gasteiger partial charge is 0.446 e. The number of alkyl halides is 3. The number of thioether (sulfide) groups is 1. The van der Waals surface area contributed by atoms with Crippen LogP contribution >= 0.6 is 11.8 Å². The number of benzene rings is 1. The summed E-state index contributed by atoms with van der Waals surface area (Å²) in [7, 11) is 0. The third-order valence-electron chi connectivity index (χ3n) is 2.08. The van der Waals surface area contributed by atoms with Gasteiger partial charge in [-0.3, -0.25) is 4.79 Å². The molecular formula is C12H13F3O2S. The highest BCUT2D eigenvalue weighted by Gasteiger charge is 2.28. The second-order valence-electron chi connectivity index (χ2n) is 3.50. The molecule has 0 aromatic heterocycles. The Morgan fingerprint density at radius 2 is 1.89 bits per heavy atom. The van der Waals surface area contributed by atoms with Crippen molar-refractivity contribution in [2.24, 2.45) is 0 Å². The SMILES string of the molecule is CCOC(=O)CCc1ccc(SC(F)(F)F)cc1. The van der Waals surface area contributed by atoms with E-state index in [9.17, 15) is 18.0 Å². The third-order valence-corrected chi connectivity index (χ3v) is 2.82. The first-order valence-electron chi connectivity index (χ1n) is 5.41.